The summed E-state index contributed by atoms with van der Waals surface area (Å²) < 4.78 is 25.4. The predicted octanol–water partition coefficient (Wildman–Crippen LogP) is 4.23. The Hall–Kier alpha value is -1.62. The lowest BCUT2D eigenvalue weighted by Gasteiger charge is -2.24. The van der Waals surface area contributed by atoms with Crippen LogP contribution in [0.15, 0.2) is 42.5 Å². The van der Waals surface area contributed by atoms with Crippen molar-refractivity contribution >= 4 is 12.4 Å². The molecular weight excluding hydrogens is 341 g/mol. The average molecular weight is 366 g/mol. The molecule has 0 aromatic heterocycles. The second-order valence-corrected chi connectivity index (χ2v) is 6.05. The zero-order chi connectivity index (χ0) is 16.8. The van der Waals surface area contributed by atoms with E-state index in [9.17, 15) is 4.39 Å². The van der Waals surface area contributed by atoms with E-state index in [0.717, 1.165) is 55.0 Å². The highest BCUT2D eigenvalue weighted by Gasteiger charge is 2.16. The van der Waals surface area contributed by atoms with Gasteiger partial charge in [-0.05, 0) is 35.7 Å². The van der Waals surface area contributed by atoms with E-state index in [1.807, 2.05) is 24.3 Å². The Morgan fingerprint density at radius 2 is 2.08 bits per heavy atom. The van der Waals surface area contributed by atoms with Crippen LogP contribution in [0.5, 0.6) is 5.75 Å². The molecule has 3 nitrogen and oxygen atoms in total. The van der Waals surface area contributed by atoms with Crippen LogP contribution >= 0.6 is 12.4 Å². The van der Waals surface area contributed by atoms with Crippen LogP contribution in [-0.2, 0) is 11.2 Å². The molecule has 1 heterocycles. The summed E-state index contributed by atoms with van der Waals surface area (Å²) >= 11 is 0. The highest BCUT2D eigenvalue weighted by atomic mass is 35.5. The molecule has 1 aliphatic heterocycles. The fourth-order valence-corrected chi connectivity index (χ4v) is 3.04. The van der Waals surface area contributed by atoms with Gasteiger partial charge in [-0.25, -0.2) is 4.39 Å². The Morgan fingerprint density at radius 1 is 1.24 bits per heavy atom. The van der Waals surface area contributed by atoms with Crippen LogP contribution in [0.4, 0.5) is 4.39 Å². The first-order valence-corrected chi connectivity index (χ1v) is 8.61. The van der Waals surface area contributed by atoms with Gasteiger partial charge in [0.15, 0.2) is 0 Å². The third-order valence-corrected chi connectivity index (χ3v) is 4.20. The van der Waals surface area contributed by atoms with Gasteiger partial charge in [-0.3, -0.25) is 0 Å². The van der Waals surface area contributed by atoms with Crippen molar-refractivity contribution in [2.45, 2.75) is 25.9 Å². The third kappa shape index (κ3) is 5.18. The molecule has 0 radical (unpaired) electrons. The molecule has 25 heavy (non-hydrogen) atoms. The zero-order valence-electron chi connectivity index (χ0n) is 14.5. The van der Waals surface area contributed by atoms with Gasteiger partial charge in [-0.2, -0.15) is 0 Å². The maximum absolute atomic E-state index is 13.6. The summed E-state index contributed by atoms with van der Waals surface area (Å²) in [5.41, 5.74) is 3.06. The third-order valence-electron chi connectivity index (χ3n) is 4.20. The number of benzene rings is 2. The smallest absolute Gasteiger partial charge is 0.123 e. The van der Waals surface area contributed by atoms with Crippen molar-refractivity contribution < 1.29 is 13.9 Å². The van der Waals surface area contributed by atoms with E-state index in [1.165, 1.54) is 6.07 Å². The van der Waals surface area contributed by atoms with Crippen LogP contribution in [0.2, 0.25) is 0 Å². The summed E-state index contributed by atoms with van der Waals surface area (Å²) in [6, 6.07) is 12.7. The van der Waals surface area contributed by atoms with Gasteiger partial charge in [0.25, 0.3) is 0 Å². The molecular formula is C20H25ClFNO2. The summed E-state index contributed by atoms with van der Waals surface area (Å²) in [6.07, 6.45) is 1.97. The Labute approximate surface area is 154 Å². The largest absolute Gasteiger partial charge is 0.491 e. The first-order chi connectivity index (χ1) is 11.8. The lowest BCUT2D eigenvalue weighted by Crippen LogP contribution is -2.41. The lowest BCUT2D eigenvalue weighted by molar-refractivity contribution is 0.0000231. The van der Waals surface area contributed by atoms with E-state index in [-0.39, 0.29) is 24.3 Å². The summed E-state index contributed by atoms with van der Waals surface area (Å²) in [5.74, 6) is 0.649. The second kappa shape index (κ2) is 9.76. The van der Waals surface area contributed by atoms with Gasteiger partial charge in [0.05, 0.1) is 6.61 Å². The number of halogens is 2. The molecule has 2 aromatic carbocycles. The molecule has 1 atom stereocenters. The van der Waals surface area contributed by atoms with Crippen molar-refractivity contribution in [2.75, 3.05) is 26.3 Å². The Bertz CT molecular complexity index is 674. The van der Waals surface area contributed by atoms with Gasteiger partial charge in [0.2, 0.25) is 0 Å². The molecule has 1 N–H and O–H groups in total. The minimum absolute atomic E-state index is 0. The maximum Gasteiger partial charge on any atom is 0.123 e. The normalized spacial score (nSPS) is 17.0. The fourth-order valence-electron chi connectivity index (χ4n) is 3.04. The van der Waals surface area contributed by atoms with Crippen molar-refractivity contribution in [3.8, 4) is 16.9 Å². The Balaban J connectivity index is 0.00000225. The first kappa shape index (κ1) is 19.7. The molecule has 5 heteroatoms. The highest BCUT2D eigenvalue weighted by molar-refractivity contribution is 5.85. The van der Waals surface area contributed by atoms with Crippen LogP contribution in [0, 0.1) is 5.82 Å². The number of ether oxygens (including phenoxy) is 2. The summed E-state index contributed by atoms with van der Waals surface area (Å²) in [5, 5.41) is 3.31. The average Bonchev–Trinajstić information content (AvgIpc) is 2.62. The number of hydrogen-bond acceptors (Lipinski definition) is 3. The van der Waals surface area contributed by atoms with E-state index >= 15 is 0 Å². The van der Waals surface area contributed by atoms with Crippen LogP contribution in [-0.4, -0.2) is 32.4 Å². The van der Waals surface area contributed by atoms with E-state index in [0.29, 0.717) is 6.61 Å². The monoisotopic (exact) mass is 365 g/mol. The van der Waals surface area contributed by atoms with Crippen molar-refractivity contribution in [2.24, 2.45) is 0 Å². The lowest BCUT2D eigenvalue weighted by atomic mass is 9.96. The second-order valence-electron chi connectivity index (χ2n) is 6.05. The van der Waals surface area contributed by atoms with Crippen molar-refractivity contribution in [3.63, 3.8) is 0 Å². The number of nitrogens with one attached hydrogen (secondary N) is 1. The van der Waals surface area contributed by atoms with E-state index in [2.05, 4.69) is 12.2 Å². The molecule has 2 aromatic rings. The standard InChI is InChI=1S/C20H24FNO2.ClH/c1-2-5-19-18(15-6-3-7-16(21)12-15)8-4-9-20(19)24-14-17-13-22-10-11-23-17;/h3-4,6-9,12,17,22H,2,5,10-11,13-14H2,1H3;1H/t17-;/m0./s1. The van der Waals surface area contributed by atoms with E-state index < -0.39 is 0 Å². The molecule has 3 rings (SSSR count). The van der Waals surface area contributed by atoms with Crippen LogP contribution in [0.1, 0.15) is 18.9 Å². The molecule has 0 unspecified atom stereocenters. The van der Waals surface area contributed by atoms with Crippen molar-refractivity contribution in [1.29, 1.82) is 0 Å². The summed E-state index contributed by atoms with van der Waals surface area (Å²) in [4.78, 5) is 0. The van der Waals surface area contributed by atoms with Crippen molar-refractivity contribution in [3.05, 3.63) is 53.8 Å². The zero-order valence-corrected chi connectivity index (χ0v) is 15.3. The molecule has 0 bridgehead atoms. The van der Waals surface area contributed by atoms with Gasteiger partial charge in [0.1, 0.15) is 24.3 Å². The van der Waals surface area contributed by atoms with Crippen LogP contribution in [0.25, 0.3) is 11.1 Å². The molecule has 1 aliphatic rings. The summed E-state index contributed by atoms with van der Waals surface area (Å²) in [7, 11) is 0. The number of morpholine rings is 1. The molecule has 136 valence electrons. The fraction of sp³-hybridized carbons (Fsp3) is 0.400. The highest BCUT2D eigenvalue weighted by Crippen LogP contribution is 2.32. The predicted molar refractivity (Wildman–Crippen MR) is 101 cm³/mol. The van der Waals surface area contributed by atoms with E-state index in [4.69, 9.17) is 9.47 Å². The molecule has 1 saturated heterocycles. The van der Waals surface area contributed by atoms with Gasteiger partial charge in [-0.1, -0.05) is 37.6 Å². The van der Waals surface area contributed by atoms with Gasteiger partial charge < -0.3 is 14.8 Å². The molecule has 0 amide bonds. The molecule has 0 spiro atoms. The SMILES string of the molecule is CCCc1c(OC[C@@H]2CNCCO2)cccc1-c1cccc(F)c1.Cl. The topological polar surface area (TPSA) is 30.5 Å². The van der Waals surface area contributed by atoms with E-state index in [1.54, 1.807) is 12.1 Å². The maximum atomic E-state index is 13.6. The molecule has 0 aliphatic carbocycles. The first-order valence-electron chi connectivity index (χ1n) is 8.61. The van der Waals surface area contributed by atoms with Crippen LogP contribution < -0.4 is 10.1 Å². The molecule has 0 saturated carbocycles. The van der Waals surface area contributed by atoms with Gasteiger partial charge in [0, 0.05) is 18.7 Å². The minimum atomic E-state index is -0.219. The Morgan fingerprint density at radius 3 is 2.80 bits per heavy atom. The Kier molecular flexibility index (Phi) is 7.69. The quantitative estimate of drug-likeness (QED) is 0.830. The van der Waals surface area contributed by atoms with Crippen LogP contribution in [0.3, 0.4) is 0 Å². The molecule has 1 fully saturated rings. The summed E-state index contributed by atoms with van der Waals surface area (Å²) in [6.45, 7) is 5.09. The minimum Gasteiger partial charge on any atom is -0.491 e. The number of rotatable bonds is 6. The number of hydrogen-bond donors (Lipinski definition) is 1. The van der Waals surface area contributed by atoms with Crippen molar-refractivity contribution in [1.82, 2.24) is 5.32 Å². The van der Waals surface area contributed by atoms with Gasteiger partial charge >= 0.3 is 0 Å². The van der Waals surface area contributed by atoms with Gasteiger partial charge in [-0.15, -0.1) is 12.4 Å².